The summed E-state index contributed by atoms with van der Waals surface area (Å²) in [5.41, 5.74) is 2.02. The van der Waals surface area contributed by atoms with Gasteiger partial charge in [-0.05, 0) is 47.6 Å². The van der Waals surface area contributed by atoms with Gasteiger partial charge in [0.15, 0.2) is 6.61 Å². The lowest BCUT2D eigenvalue weighted by atomic mass is 9.87. The lowest BCUT2D eigenvalue weighted by Gasteiger charge is -2.31. The second-order valence-corrected chi connectivity index (χ2v) is 9.30. The summed E-state index contributed by atoms with van der Waals surface area (Å²) in [5.74, 6) is 0.195. The third kappa shape index (κ3) is 7.27. The third-order valence-electron chi connectivity index (χ3n) is 5.32. The molecule has 0 saturated heterocycles. The number of hydrogen-bond acceptors (Lipinski definition) is 3. The lowest BCUT2D eigenvalue weighted by molar-refractivity contribution is -0.143. The number of hydrogen-bond donors (Lipinski definition) is 1. The minimum Gasteiger partial charge on any atom is -0.484 e. The van der Waals surface area contributed by atoms with Gasteiger partial charge in [-0.2, -0.15) is 0 Å². The highest BCUT2D eigenvalue weighted by Gasteiger charge is 2.29. The molecule has 0 fully saturated rings. The van der Waals surface area contributed by atoms with Crippen LogP contribution >= 0.6 is 11.6 Å². The molecule has 0 bridgehead atoms. The molecule has 1 N–H and O–H groups in total. The molecule has 0 heterocycles. The summed E-state index contributed by atoms with van der Waals surface area (Å²) in [4.78, 5) is 27.6. The highest BCUT2D eigenvalue weighted by atomic mass is 35.5. The van der Waals surface area contributed by atoms with Crippen molar-refractivity contribution in [2.24, 2.45) is 0 Å². The number of nitrogens with zero attached hydrogens (tertiary/aromatic N) is 1. The van der Waals surface area contributed by atoms with Gasteiger partial charge in [0.1, 0.15) is 11.8 Å². The summed E-state index contributed by atoms with van der Waals surface area (Å²) >= 11 is 6.34. The molecule has 5 nitrogen and oxygen atoms in total. The highest BCUT2D eigenvalue weighted by molar-refractivity contribution is 6.31. The highest BCUT2D eigenvalue weighted by Crippen LogP contribution is 2.24. The molecule has 0 radical (unpaired) electrons. The largest absolute Gasteiger partial charge is 0.484 e. The van der Waals surface area contributed by atoms with E-state index in [0.717, 1.165) is 12.0 Å². The standard InChI is InChI=1S/C26H35ClN2O3/c1-6-16-28-25(31)23(7-2)29(17-19-10-8-9-11-22(19)27)24(30)18-32-21-14-12-20(13-15-21)26(3,4)5/h8-15,23H,6-7,16-18H2,1-5H3,(H,28,31). The predicted molar refractivity (Wildman–Crippen MR) is 130 cm³/mol. The van der Waals surface area contributed by atoms with Crippen LogP contribution in [0.25, 0.3) is 0 Å². The summed E-state index contributed by atoms with van der Waals surface area (Å²) in [6.45, 7) is 11.0. The smallest absolute Gasteiger partial charge is 0.261 e. The molecule has 2 amide bonds. The average Bonchev–Trinajstić information content (AvgIpc) is 2.76. The molecule has 0 aliphatic carbocycles. The van der Waals surface area contributed by atoms with Crippen molar-refractivity contribution in [1.29, 1.82) is 0 Å². The number of nitrogens with one attached hydrogen (secondary N) is 1. The maximum Gasteiger partial charge on any atom is 0.261 e. The average molecular weight is 459 g/mol. The zero-order valence-corrected chi connectivity index (χ0v) is 20.5. The van der Waals surface area contributed by atoms with Crippen LogP contribution in [0.4, 0.5) is 0 Å². The lowest BCUT2D eigenvalue weighted by Crippen LogP contribution is -2.50. The van der Waals surface area contributed by atoms with Crippen molar-refractivity contribution in [3.63, 3.8) is 0 Å². The van der Waals surface area contributed by atoms with Crippen molar-refractivity contribution in [3.05, 3.63) is 64.7 Å². The number of halogens is 1. The maximum absolute atomic E-state index is 13.2. The molecule has 0 aromatic heterocycles. The molecule has 0 saturated carbocycles. The number of carbonyl (C=O) groups is 2. The van der Waals surface area contributed by atoms with Gasteiger partial charge in [0, 0.05) is 18.1 Å². The molecule has 6 heteroatoms. The van der Waals surface area contributed by atoms with Gasteiger partial charge >= 0.3 is 0 Å². The molecule has 0 spiro atoms. The van der Waals surface area contributed by atoms with Crippen molar-refractivity contribution in [2.75, 3.05) is 13.2 Å². The fourth-order valence-corrected chi connectivity index (χ4v) is 3.57. The van der Waals surface area contributed by atoms with E-state index in [1.165, 1.54) is 5.56 Å². The zero-order valence-electron chi connectivity index (χ0n) is 19.8. The van der Waals surface area contributed by atoms with Gasteiger partial charge in [-0.3, -0.25) is 9.59 Å². The van der Waals surface area contributed by atoms with Gasteiger partial charge in [0.05, 0.1) is 0 Å². The van der Waals surface area contributed by atoms with Crippen molar-refractivity contribution in [1.82, 2.24) is 10.2 Å². The van der Waals surface area contributed by atoms with Crippen LogP contribution in [0.15, 0.2) is 48.5 Å². The van der Waals surface area contributed by atoms with Crippen LogP contribution in [0, 0.1) is 0 Å². The fraction of sp³-hybridized carbons (Fsp3) is 0.462. The minimum atomic E-state index is -0.600. The fourth-order valence-electron chi connectivity index (χ4n) is 3.37. The normalized spacial score (nSPS) is 12.2. The molecule has 2 rings (SSSR count). The molecule has 2 aromatic carbocycles. The molecule has 0 aliphatic heterocycles. The van der Waals surface area contributed by atoms with Crippen molar-refractivity contribution in [2.45, 2.75) is 65.5 Å². The SMILES string of the molecule is CCCNC(=O)C(CC)N(Cc1ccccc1Cl)C(=O)COc1ccc(C(C)(C)C)cc1. The van der Waals surface area contributed by atoms with Gasteiger partial charge in [0.25, 0.3) is 5.91 Å². The van der Waals surface area contributed by atoms with E-state index in [1.807, 2.05) is 56.3 Å². The Balaban J connectivity index is 2.18. The molecule has 1 atom stereocenters. The summed E-state index contributed by atoms with van der Waals surface area (Å²) in [5, 5.41) is 3.47. The van der Waals surface area contributed by atoms with Crippen molar-refractivity contribution < 1.29 is 14.3 Å². The first-order valence-electron chi connectivity index (χ1n) is 11.2. The number of carbonyl (C=O) groups excluding carboxylic acids is 2. The van der Waals surface area contributed by atoms with E-state index in [2.05, 4.69) is 26.1 Å². The van der Waals surface area contributed by atoms with Crippen LogP contribution in [-0.2, 0) is 21.5 Å². The van der Waals surface area contributed by atoms with E-state index in [4.69, 9.17) is 16.3 Å². The van der Waals surface area contributed by atoms with E-state index >= 15 is 0 Å². The van der Waals surface area contributed by atoms with Crippen LogP contribution in [-0.4, -0.2) is 35.9 Å². The topological polar surface area (TPSA) is 58.6 Å². The first-order chi connectivity index (χ1) is 15.2. The second-order valence-electron chi connectivity index (χ2n) is 8.89. The van der Waals surface area contributed by atoms with Crippen LogP contribution in [0.3, 0.4) is 0 Å². The Morgan fingerprint density at radius 2 is 1.72 bits per heavy atom. The Hall–Kier alpha value is -2.53. The number of benzene rings is 2. The molecule has 174 valence electrons. The molecule has 0 aliphatic rings. The summed E-state index contributed by atoms with van der Waals surface area (Å²) in [6.07, 6.45) is 1.32. The van der Waals surface area contributed by atoms with Gasteiger partial charge in [-0.25, -0.2) is 0 Å². The maximum atomic E-state index is 13.2. The first kappa shape index (κ1) is 25.7. The minimum absolute atomic E-state index is 0.0420. The molecule has 1 unspecified atom stereocenters. The van der Waals surface area contributed by atoms with E-state index < -0.39 is 6.04 Å². The van der Waals surface area contributed by atoms with E-state index in [9.17, 15) is 9.59 Å². The number of ether oxygens (including phenoxy) is 1. The summed E-state index contributed by atoms with van der Waals surface area (Å²) < 4.78 is 5.78. The zero-order chi connectivity index (χ0) is 23.7. The van der Waals surface area contributed by atoms with E-state index in [0.29, 0.717) is 23.7 Å². The molecule has 32 heavy (non-hydrogen) atoms. The second kappa shape index (κ2) is 11.9. The molecular formula is C26H35ClN2O3. The summed E-state index contributed by atoms with van der Waals surface area (Å²) in [6, 6.07) is 14.5. The quantitative estimate of drug-likeness (QED) is 0.522. The number of amides is 2. The Kier molecular flexibility index (Phi) is 9.58. The van der Waals surface area contributed by atoms with E-state index in [-0.39, 0.29) is 30.4 Å². The predicted octanol–water partition coefficient (Wildman–Crippen LogP) is 5.35. The van der Waals surface area contributed by atoms with Gasteiger partial charge in [0.2, 0.25) is 5.91 Å². The first-order valence-corrected chi connectivity index (χ1v) is 11.6. The van der Waals surface area contributed by atoms with Crippen LogP contribution in [0.2, 0.25) is 5.02 Å². The van der Waals surface area contributed by atoms with Crippen molar-refractivity contribution in [3.8, 4) is 5.75 Å². The van der Waals surface area contributed by atoms with Crippen LogP contribution in [0.5, 0.6) is 5.75 Å². The molecular weight excluding hydrogens is 424 g/mol. The van der Waals surface area contributed by atoms with Gasteiger partial charge < -0.3 is 15.0 Å². The summed E-state index contributed by atoms with van der Waals surface area (Å²) in [7, 11) is 0. The van der Waals surface area contributed by atoms with Crippen molar-refractivity contribution >= 4 is 23.4 Å². The van der Waals surface area contributed by atoms with Crippen LogP contribution in [0.1, 0.15) is 58.6 Å². The van der Waals surface area contributed by atoms with Gasteiger partial charge in [-0.1, -0.05) is 76.6 Å². The Labute approximate surface area is 197 Å². The Bertz CT molecular complexity index is 891. The molecule has 2 aromatic rings. The Morgan fingerprint density at radius 3 is 2.28 bits per heavy atom. The monoisotopic (exact) mass is 458 g/mol. The van der Waals surface area contributed by atoms with E-state index in [1.54, 1.807) is 11.0 Å². The van der Waals surface area contributed by atoms with Gasteiger partial charge in [-0.15, -0.1) is 0 Å². The Morgan fingerprint density at radius 1 is 1.06 bits per heavy atom. The number of rotatable bonds is 10. The third-order valence-corrected chi connectivity index (χ3v) is 5.69. The van der Waals surface area contributed by atoms with Crippen LogP contribution < -0.4 is 10.1 Å².